The highest BCUT2D eigenvalue weighted by Crippen LogP contribution is 2.49. The molecule has 3 fully saturated rings. The van der Waals surface area contributed by atoms with Crippen LogP contribution in [0.5, 0.6) is 0 Å². The molecule has 0 heterocycles. The molecule has 0 saturated heterocycles. The Labute approximate surface area is 123 Å². The van der Waals surface area contributed by atoms with Gasteiger partial charge in [0.2, 0.25) is 10.0 Å². The topological polar surface area (TPSA) is 58.2 Å². The highest BCUT2D eigenvalue weighted by molar-refractivity contribution is 7.89. The minimum absolute atomic E-state index is 0.117. The van der Waals surface area contributed by atoms with Crippen LogP contribution in [0.2, 0.25) is 0 Å². The lowest BCUT2D eigenvalue weighted by atomic mass is 9.84. The van der Waals surface area contributed by atoms with E-state index in [2.05, 4.69) is 17.0 Å². The van der Waals surface area contributed by atoms with Gasteiger partial charge in [-0.2, -0.15) is 0 Å². The number of hydrogen-bond acceptors (Lipinski definition) is 3. The van der Waals surface area contributed by atoms with Gasteiger partial charge in [-0.15, -0.1) is 0 Å². The minimum atomic E-state index is -3.10. The summed E-state index contributed by atoms with van der Waals surface area (Å²) in [5, 5.41) is 3.37. The maximum atomic E-state index is 12.1. The predicted octanol–water partition coefficient (Wildman–Crippen LogP) is 1.87. The summed E-state index contributed by atoms with van der Waals surface area (Å²) in [6, 6.07) is 0.783. The average Bonchev–Trinajstić information content (AvgIpc) is 2.96. The first-order valence-electron chi connectivity index (χ1n) is 8.27. The Kier molecular flexibility index (Phi) is 4.39. The standard InChI is InChI=1S/C15H28N2O2S/c1-11(15-10-12-3-4-13(15)9-12)17-20(18,19)8-2-7-16-14-5-6-14/h11-17H,2-10H2,1H3. The molecule has 0 amide bonds. The number of nitrogens with one attached hydrogen (secondary N) is 2. The molecule has 5 heteroatoms. The van der Waals surface area contributed by atoms with Crippen molar-refractivity contribution in [3.63, 3.8) is 0 Å². The van der Waals surface area contributed by atoms with Crippen molar-refractivity contribution in [2.24, 2.45) is 17.8 Å². The number of sulfonamides is 1. The molecule has 4 unspecified atom stereocenters. The van der Waals surface area contributed by atoms with Crippen molar-refractivity contribution in [2.75, 3.05) is 12.3 Å². The van der Waals surface area contributed by atoms with Gasteiger partial charge in [0.25, 0.3) is 0 Å². The molecule has 0 aliphatic heterocycles. The summed E-state index contributed by atoms with van der Waals surface area (Å²) in [5.41, 5.74) is 0. The van der Waals surface area contributed by atoms with E-state index in [9.17, 15) is 8.42 Å². The summed E-state index contributed by atoms with van der Waals surface area (Å²) in [6.45, 7) is 2.89. The van der Waals surface area contributed by atoms with Gasteiger partial charge in [0.15, 0.2) is 0 Å². The van der Waals surface area contributed by atoms with E-state index in [-0.39, 0.29) is 11.8 Å². The molecule has 0 spiro atoms. The molecule has 3 aliphatic carbocycles. The maximum absolute atomic E-state index is 12.1. The number of fused-ring (bicyclic) bond motifs is 2. The van der Waals surface area contributed by atoms with E-state index < -0.39 is 10.0 Å². The zero-order chi connectivity index (χ0) is 14.2. The van der Waals surface area contributed by atoms with Crippen molar-refractivity contribution in [3.05, 3.63) is 0 Å². The van der Waals surface area contributed by atoms with Crippen molar-refractivity contribution < 1.29 is 8.42 Å². The van der Waals surface area contributed by atoms with Gasteiger partial charge in [-0.1, -0.05) is 6.42 Å². The van der Waals surface area contributed by atoms with Gasteiger partial charge in [-0.3, -0.25) is 0 Å². The van der Waals surface area contributed by atoms with Crippen LogP contribution in [0.15, 0.2) is 0 Å². The third kappa shape index (κ3) is 3.74. The Morgan fingerprint density at radius 1 is 1.15 bits per heavy atom. The molecule has 0 aromatic heterocycles. The molecule has 4 atom stereocenters. The Morgan fingerprint density at radius 3 is 2.55 bits per heavy atom. The Hall–Kier alpha value is -0.130. The van der Waals surface area contributed by atoms with Gasteiger partial charge >= 0.3 is 0 Å². The molecular weight excluding hydrogens is 272 g/mol. The summed E-state index contributed by atoms with van der Waals surface area (Å²) in [5.74, 6) is 2.49. The van der Waals surface area contributed by atoms with Crippen LogP contribution >= 0.6 is 0 Å². The van der Waals surface area contributed by atoms with Gasteiger partial charge in [-0.05, 0) is 69.7 Å². The molecule has 0 aromatic carbocycles. The molecule has 0 radical (unpaired) electrons. The van der Waals surface area contributed by atoms with Crippen LogP contribution in [0, 0.1) is 17.8 Å². The van der Waals surface area contributed by atoms with Crippen molar-refractivity contribution in [1.82, 2.24) is 10.0 Å². The molecular formula is C15H28N2O2S. The van der Waals surface area contributed by atoms with E-state index in [4.69, 9.17) is 0 Å². The normalized spacial score (nSPS) is 34.5. The number of hydrogen-bond donors (Lipinski definition) is 2. The van der Waals surface area contributed by atoms with Crippen LogP contribution in [0.3, 0.4) is 0 Å². The predicted molar refractivity (Wildman–Crippen MR) is 81.0 cm³/mol. The summed E-state index contributed by atoms with van der Waals surface area (Å²) in [6.07, 6.45) is 8.48. The van der Waals surface area contributed by atoms with Crippen molar-refractivity contribution in [1.29, 1.82) is 0 Å². The first-order chi connectivity index (χ1) is 9.53. The van der Waals surface area contributed by atoms with E-state index in [0.717, 1.165) is 24.8 Å². The van der Waals surface area contributed by atoms with Crippen molar-refractivity contribution in [3.8, 4) is 0 Å². The largest absolute Gasteiger partial charge is 0.314 e. The first kappa shape index (κ1) is 14.8. The lowest BCUT2D eigenvalue weighted by Gasteiger charge is -2.28. The van der Waals surface area contributed by atoms with Gasteiger partial charge in [0.1, 0.15) is 0 Å². The molecule has 20 heavy (non-hydrogen) atoms. The summed E-state index contributed by atoms with van der Waals surface area (Å²) >= 11 is 0. The van der Waals surface area contributed by atoms with Crippen LogP contribution in [0.25, 0.3) is 0 Å². The van der Waals surface area contributed by atoms with Crippen LogP contribution in [-0.4, -0.2) is 32.8 Å². The Bertz CT molecular complexity index is 433. The zero-order valence-corrected chi connectivity index (χ0v) is 13.3. The monoisotopic (exact) mass is 300 g/mol. The van der Waals surface area contributed by atoms with E-state index in [1.165, 1.54) is 38.5 Å². The minimum Gasteiger partial charge on any atom is -0.314 e. The third-order valence-electron chi connectivity index (χ3n) is 5.40. The quantitative estimate of drug-likeness (QED) is 0.673. The molecule has 0 aromatic rings. The van der Waals surface area contributed by atoms with Gasteiger partial charge in [0, 0.05) is 12.1 Å². The average molecular weight is 300 g/mol. The van der Waals surface area contributed by atoms with E-state index in [0.29, 0.717) is 12.0 Å². The molecule has 2 N–H and O–H groups in total. The zero-order valence-electron chi connectivity index (χ0n) is 12.5. The second-order valence-corrected chi connectivity index (χ2v) is 9.02. The highest BCUT2D eigenvalue weighted by Gasteiger charge is 2.42. The maximum Gasteiger partial charge on any atom is 0.211 e. The molecule has 3 saturated carbocycles. The van der Waals surface area contributed by atoms with Crippen LogP contribution < -0.4 is 10.0 Å². The molecule has 3 aliphatic rings. The Morgan fingerprint density at radius 2 is 1.95 bits per heavy atom. The molecule has 3 rings (SSSR count). The summed E-state index contributed by atoms with van der Waals surface area (Å²) in [4.78, 5) is 0. The lowest BCUT2D eigenvalue weighted by molar-refractivity contribution is 0.280. The van der Waals surface area contributed by atoms with Gasteiger partial charge < -0.3 is 5.32 Å². The van der Waals surface area contributed by atoms with Gasteiger partial charge in [0.05, 0.1) is 5.75 Å². The Balaban J connectivity index is 1.40. The van der Waals surface area contributed by atoms with E-state index >= 15 is 0 Å². The van der Waals surface area contributed by atoms with Crippen molar-refractivity contribution in [2.45, 2.75) is 64.0 Å². The number of rotatable bonds is 8. The summed E-state index contributed by atoms with van der Waals surface area (Å²) < 4.78 is 27.2. The molecule has 4 nitrogen and oxygen atoms in total. The third-order valence-corrected chi connectivity index (χ3v) is 6.96. The SMILES string of the molecule is CC(NS(=O)(=O)CCCNC1CC1)C1CC2CCC1C2. The smallest absolute Gasteiger partial charge is 0.211 e. The van der Waals surface area contributed by atoms with E-state index in [1.807, 2.05) is 0 Å². The molecule has 116 valence electrons. The van der Waals surface area contributed by atoms with Gasteiger partial charge in [-0.25, -0.2) is 13.1 Å². The molecule has 2 bridgehead atoms. The second kappa shape index (κ2) is 5.93. The fourth-order valence-corrected chi connectivity index (χ4v) is 5.58. The fourth-order valence-electron chi connectivity index (χ4n) is 4.19. The highest BCUT2D eigenvalue weighted by atomic mass is 32.2. The van der Waals surface area contributed by atoms with E-state index in [1.54, 1.807) is 0 Å². The van der Waals surface area contributed by atoms with Crippen molar-refractivity contribution >= 4 is 10.0 Å². The first-order valence-corrected chi connectivity index (χ1v) is 9.92. The van der Waals surface area contributed by atoms with Crippen LogP contribution in [0.4, 0.5) is 0 Å². The lowest BCUT2D eigenvalue weighted by Crippen LogP contribution is -2.41. The summed E-state index contributed by atoms with van der Waals surface area (Å²) in [7, 11) is -3.10. The second-order valence-electron chi connectivity index (χ2n) is 7.15. The fraction of sp³-hybridized carbons (Fsp3) is 1.00. The van der Waals surface area contributed by atoms with Crippen LogP contribution in [-0.2, 0) is 10.0 Å². The van der Waals surface area contributed by atoms with Crippen LogP contribution in [0.1, 0.15) is 51.9 Å².